The summed E-state index contributed by atoms with van der Waals surface area (Å²) in [5, 5.41) is 3.07. The van der Waals surface area contributed by atoms with Crippen molar-refractivity contribution >= 4 is 5.82 Å². The molecule has 2 aromatic heterocycles. The Bertz CT molecular complexity index is 470. The normalized spacial score (nSPS) is 10.0. The van der Waals surface area contributed by atoms with Gasteiger partial charge in [-0.2, -0.15) is 0 Å². The van der Waals surface area contributed by atoms with Crippen LogP contribution < -0.4 is 10.1 Å². The van der Waals surface area contributed by atoms with E-state index < -0.39 is 0 Å². The molecule has 0 radical (unpaired) electrons. The molecule has 0 aliphatic carbocycles. The van der Waals surface area contributed by atoms with E-state index in [0.717, 1.165) is 5.56 Å². The Kier molecular flexibility index (Phi) is 3.49. The Hall–Kier alpha value is -2.17. The first kappa shape index (κ1) is 11.3. The van der Waals surface area contributed by atoms with Crippen LogP contribution in [0.4, 0.5) is 10.2 Å². The number of nitrogens with zero attached hydrogens (tertiary/aromatic N) is 2. The van der Waals surface area contributed by atoms with Crippen molar-refractivity contribution in [1.29, 1.82) is 0 Å². The first-order valence-electron chi connectivity index (χ1n) is 5.12. The first-order chi connectivity index (χ1) is 8.28. The molecule has 0 saturated carbocycles. The molecule has 4 nitrogen and oxygen atoms in total. The summed E-state index contributed by atoms with van der Waals surface area (Å²) in [6.07, 6.45) is 2.89. The molecule has 0 amide bonds. The number of hydrogen-bond donors (Lipinski definition) is 1. The van der Waals surface area contributed by atoms with Gasteiger partial charge in [-0.1, -0.05) is 6.07 Å². The summed E-state index contributed by atoms with van der Waals surface area (Å²) >= 11 is 0. The molecule has 0 spiro atoms. The largest absolute Gasteiger partial charge is 0.481 e. The van der Waals surface area contributed by atoms with E-state index in [0.29, 0.717) is 18.2 Å². The topological polar surface area (TPSA) is 47.0 Å². The number of pyridine rings is 2. The molecule has 88 valence electrons. The van der Waals surface area contributed by atoms with E-state index in [4.69, 9.17) is 4.74 Å². The molecule has 0 aromatic carbocycles. The third kappa shape index (κ3) is 3.14. The Morgan fingerprint density at radius 2 is 2.06 bits per heavy atom. The fourth-order valence-corrected chi connectivity index (χ4v) is 1.31. The highest BCUT2D eigenvalue weighted by Crippen LogP contribution is 2.09. The molecule has 0 bridgehead atoms. The number of aromatic nitrogens is 2. The molecular formula is C12H12FN3O. The van der Waals surface area contributed by atoms with Crippen LogP contribution in [0.1, 0.15) is 5.56 Å². The standard InChI is InChI=1S/C12H12FN3O/c1-17-12-5-2-9(7-16-12)6-14-11-4-3-10(13)8-15-11/h2-5,7-8H,6H2,1H3,(H,14,15). The third-order valence-electron chi connectivity index (χ3n) is 2.21. The average molecular weight is 233 g/mol. The minimum Gasteiger partial charge on any atom is -0.481 e. The van der Waals surface area contributed by atoms with Gasteiger partial charge in [-0.25, -0.2) is 14.4 Å². The lowest BCUT2D eigenvalue weighted by atomic mass is 10.3. The molecule has 0 aliphatic heterocycles. The summed E-state index contributed by atoms with van der Waals surface area (Å²) in [4.78, 5) is 7.98. The summed E-state index contributed by atoms with van der Waals surface area (Å²) in [6.45, 7) is 0.579. The van der Waals surface area contributed by atoms with Crippen molar-refractivity contribution in [3.05, 3.63) is 48.0 Å². The van der Waals surface area contributed by atoms with Crippen LogP contribution in [0, 0.1) is 5.82 Å². The number of nitrogens with one attached hydrogen (secondary N) is 1. The van der Waals surface area contributed by atoms with Crippen molar-refractivity contribution in [3.63, 3.8) is 0 Å². The molecule has 2 heterocycles. The maximum atomic E-state index is 12.6. The van der Waals surface area contributed by atoms with Crippen molar-refractivity contribution < 1.29 is 9.13 Å². The maximum Gasteiger partial charge on any atom is 0.212 e. The van der Waals surface area contributed by atoms with Gasteiger partial charge in [-0.05, 0) is 17.7 Å². The van der Waals surface area contributed by atoms with E-state index in [-0.39, 0.29) is 5.82 Å². The highest BCUT2D eigenvalue weighted by atomic mass is 19.1. The molecule has 0 aliphatic rings. The van der Waals surface area contributed by atoms with E-state index in [1.165, 1.54) is 12.3 Å². The van der Waals surface area contributed by atoms with E-state index >= 15 is 0 Å². The van der Waals surface area contributed by atoms with Crippen molar-refractivity contribution in [3.8, 4) is 5.88 Å². The van der Waals surface area contributed by atoms with Crippen molar-refractivity contribution in [2.24, 2.45) is 0 Å². The molecule has 2 rings (SSSR count). The monoisotopic (exact) mass is 233 g/mol. The zero-order valence-corrected chi connectivity index (χ0v) is 9.35. The van der Waals surface area contributed by atoms with Gasteiger partial charge >= 0.3 is 0 Å². The average Bonchev–Trinajstić information content (AvgIpc) is 2.39. The smallest absolute Gasteiger partial charge is 0.212 e. The van der Waals surface area contributed by atoms with Crippen LogP contribution in [0.2, 0.25) is 0 Å². The number of anilines is 1. The summed E-state index contributed by atoms with van der Waals surface area (Å²) in [6, 6.07) is 6.64. The molecule has 0 saturated heterocycles. The highest BCUT2D eigenvalue weighted by molar-refractivity contribution is 5.34. The third-order valence-corrected chi connectivity index (χ3v) is 2.21. The molecular weight excluding hydrogens is 221 g/mol. The number of ether oxygens (including phenoxy) is 1. The molecule has 1 N–H and O–H groups in total. The Morgan fingerprint density at radius 3 is 2.65 bits per heavy atom. The molecule has 0 unspecified atom stereocenters. The number of methoxy groups -OCH3 is 1. The van der Waals surface area contributed by atoms with Crippen molar-refractivity contribution in [2.75, 3.05) is 12.4 Å². The van der Waals surface area contributed by atoms with E-state index in [9.17, 15) is 4.39 Å². The van der Waals surface area contributed by atoms with Gasteiger partial charge in [0.15, 0.2) is 0 Å². The number of halogens is 1. The second kappa shape index (κ2) is 5.25. The van der Waals surface area contributed by atoms with Crippen molar-refractivity contribution in [1.82, 2.24) is 9.97 Å². The van der Waals surface area contributed by atoms with Crippen molar-refractivity contribution in [2.45, 2.75) is 6.54 Å². The van der Waals surface area contributed by atoms with Gasteiger partial charge in [0.05, 0.1) is 13.3 Å². The van der Waals surface area contributed by atoms with Gasteiger partial charge in [-0.3, -0.25) is 0 Å². The fraction of sp³-hybridized carbons (Fsp3) is 0.167. The van der Waals surface area contributed by atoms with Crippen LogP contribution in [-0.4, -0.2) is 17.1 Å². The van der Waals surface area contributed by atoms with E-state index in [1.807, 2.05) is 6.07 Å². The number of rotatable bonds is 4. The van der Waals surface area contributed by atoms with Gasteiger partial charge in [0.2, 0.25) is 5.88 Å². The molecule has 0 fully saturated rings. The van der Waals surface area contributed by atoms with Crippen LogP contribution >= 0.6 is 0 Å². The predicted molar refractivity (Wildman–Crippen MR) is 62.3 cm³/mol. The van der Waals surface area contributed by atoms with Crippen LogP contribution in [-0.2, 0) is 6.54 Å². The van der Waals surface area contributed by atoms with E-state index in [1.54, 1.807) is 25.4 Å². The summed E-state index contributed by atoms with van der Waals surface area (Å²) < 4.78 is 17.6. The van der Waals surface area contributed by atoms with Gasteiger partial charge in [0.1, 0.15) is 11.6 Å². The van der Waals surface area contributed by atoms with Crippen LogP contribution in [0.15, 0.2) is 36.7 Å². The SMILES string of the molecule is COc1ccc(CNc2ccc(F)cn2)cn1. The Balaban J connectivity index is 1.95. The quantitative estimate of drug-likeness (QED) is 0.879. The lowest BCUT2D eigenvalue weighted by Gasteiger charge is -2.05. The predicted octanol–water partition coefficient (Wildman–Crippen LogP) is 2.24. The summed E-state index contributed by atoms with van der Waals surface area (Å²) in [5.74, 6) is 0.859. The van der Waals surface area contributed by atoms with Crippen LogP contribution in [0.5, 0.6) is 5.88 Å². The lowest BCUT2D eigenvalue weighted by Crippen LogP contribution is -2.01. The fourth-order valence-electron chi connectivity index (χ4n) is 1.31. The maximum absolute atomic E-state index is 12.6. The molecule has 17 heavy (non-hydrogen) atoms. The molecule has 5 heteroatoms. The van der Waals surface area contributed by atoms with Gasteiger partial charge in [0.25, 0.3) is 0 Å². The second-order valence-electron chi connectivity index (χ2n) is 3.42. The zero-order chi connectivity index (χ0) is 12.1. The summed E-state index contributed by atoms with van der Waals surface area (Å²) in [5.41, 5.74) is 0.997. The first-order valence-corrected chi connectivity index (χ1v) is 5.12. The van der Waals surface area contributed by atoms with E-state index in [2.05, 4.69) is 15.3 Å². The van der Waals surface area contributed by atoms with Crippen LogP contribution in [0.3, 0.4) is 0 Å². The minimum atomic E-state index is -0.346. The number of hydrogen-bond acceptors (Lipinski definition) is 4. The second-order valence-corrected chi connectivity index (χ2v) is 3.42. The van der Waals surface area contributed by atoms with Crippen LogP contribution in [0.25, 0.3) is 0 Å². The van der Waals surface area contributed by atoms with Gasteiger partial charge in [0, 0.05) is 18.8 Å². The van der Waals surface area contributed by atoms with Gasteiger partial charge < -0.3 is 10.1 Å². The molecule has 0 atom stereocenters. The molecule has 2 aromatic rings. The zero-order valence-electron chi connectivity index (χ0n) is 9.35. The minimum absolute atomic E-state index is 0.346. The lowest BCUT2D eigenvalue weighted by molar-refractivity contribution is 0.397. The highest BCUT2D eigenvalue weighted by Gasteiger charge is 1.97. The summed E-state index contributed by atoms with van der Waals surface area (Å²) in [7, 11) is 1.57. The Labute approximate surface area is 98.5 Å². The Morgan fingerprint density at radius 1 is 1.18 bits per heavy atom. The van der Waals surface area contributed by atoms with Gasteiger partial charge in [-0.15, -0.1) is 0 Å².